The first-order valence-electron chi connectivity index (χ1n) is 12.0. The Morgan fingerprint density at radius 2 is 1.97 bits per heavy atom. The molecule has 12 nitrogen and oxygen atoms in total. The Morgan fingerprint density at radius 3 is 2.64 bits per heavy atom. The fraction of sp³-hybridized carbons (Fsp3) is 0.346. The quantitative estimate of drug-likeness (QED) is 0.209. The van der Waals surface area contributed by atoms with E-state index in [0.29, 0.717) is 28.0 Å². The van der Waals surface area contributed by atoms with Gasteiger partial charge in [0.25, 0.3) is 11.8 Å². The van der Waals surface area contributed by atoms with Gasteiger partial charge in [0.05, 0.1) is 19.1 Å². The number of fused-ring (bicyclic) bond motifs is 2. The number of urea groups is 1. The predicted molar refractivity (Wildman–Crippen MR) is 135 cm³/mol. The lowest BCUT2D eigenvalue weighted by atomic mass is 9.92. The third-order valence-corrected chi connectivity index (χ3v) is 6.60. The molecule has 1 unspecified atom stereocenters. The highest BCUT2D eigenvalue weighted by Crippen LogP contribution is 2.38. The summed E-state index contributed by atoms with van der Waals surface area (Å²) in [6.07, 6.45) is 1.52. The summed E-state index contributed by atoms with van der Waals surface area (Å²) in [5.41, 5.74) is -1.39. The van der Waals surface area contributed by atoms with Crippen LogP contribution in [0.25, 0.3) is 11.1 Å². The Morgan fingerprint density at radius 1 is 1.23 bits per heavy atom. The molecule has 1 saturated heterocycles. The highest BCUT2D eigenvalue weighted by atomic mass is 16.7. The van der Waals surface area contributed by atoms with Crippen molar-refractivity contribution in [1.29, 1.82) is 0 Å². The second-order valence-electron chi connectivity index (χ2n) is 10.5. The van der Waals surface area contributed by atoms with E-state index in [1.165, 1.54) is 45.0 Å². The Kier molecular flexibility index (Phi) is 5.94. The van der Waals surface area contributed by atoms with E-state index in [4.69, 9.17) is 21.7 Å². The molecule has 2 radical (unpaired) electrons. The lowest BCUT2D eigenvalue weighted by Crippen LogP contribution is -2.58. The van der Waals surface area contributed by atoms with Crippen LogP contribution in [0.15, 0.2) is 47.0 Å². The molecule has 0 spiro atoms. The molecular formula is C26H25BN4O8. The topological polar surface area (TPSA) is 152 Å². The van der Waals surface area contributed by atoms with E-state index < -0.39 is 47.1 Å². The Hall–Kier alpha value is -4.39. The fourth-order valence-electron chi connectivity index (χ4n) is 4.51. The van der Waals surface area contributed by atoms with Gasteiger partial charge in [-0.15, -0.1) is 0 Å². The number of ether oxygens (including phenoxy) is 2. The normalized spacial score (nSPS) is 20.7. The molecule has 1 aromatic carbocycles. The van der Waals surface area contributed by atoms with Crippen LogP contribution in [0.1, 0.15) is 42.5 Å². The Labute approximate surface area is 224 Å². The summed E-state index contributed by atoms with van der Waals surface area (Å²) < 4.78 is 16.1. The maximum absolute atomic E-state index is 14.0. The van der Waals surface area contributed by atoms with Crippen molar-refractivity contribution < 1.29 is 38.2 Å². The number of nitrogens with one attached hydrogen (secondary N) is 1. The molecule has 4 heterocycles. The van der Waals surface area contributed by atoms with Crippen LogP contribution in [0.4, 0.5) is 4.79 Å². The van der Waals surface area contributed by atoms with Gasteiger partial charge in [0.2, 0.25) is 13.7 Å². The molecule has 4 amide bonds. The van der Waals surface area contributed by atoms with Gasteiger partial charge in [-0.2, -0.15) is 0 Å². The molecule has 39 heavy (non-hydrogen) atoms. The molecule has 5 rings (SSSR count). The molecule has 3 aromatic rings. The van der Waals surface area contributed by atoms with Crippen molar-refractivity contribution in [2.24, 2.45) is 5.41 Å². The number of hydrogen-bond donors (Lipinski definition) is 2. The number of rotatable bonds is 6. The number of hydrogen-bond acceptors (Lipinski definition) is 9. The number of amides is 4. The maximum Gasteiger partial charge on any atom is 0.329 e. The zero-order chi connectivity index (χ0) is 28.3. The van der Waals surface area contributed by atoms with Crippen molar-refractivity contribution in [3.8, 4) is 5.75 Å². The second kappa shape index (κ2) is 8.84. The summed E-state index contributed by atoms with van der Waals surface area (Å²) in [5, 5.41) is 13.4. The molecule has 13 heteroatoms. The number of furan rings is 1. The first-order valence-corrected chi connectivity index (χ1v) is 12.0. The lowest BCUT2D eigenvalue weighted by Gasteiger charge is -2.35. The molecule has 200 valence electrons. The molecule has 2 aliphatic heterocycles. The molecule has 0 aliphatic carbocycles. The summed E-state index contributed by atoms with van der Waals surface area (Å²) in [6, 6.07) is 8.56. The third kappa shape index (κ3) is 4.28. The highest BCUT2D eigenvalue weighted by Gasteiger charge is 2.61. The third-order valence-electron chi connectivity index (χ3n) is 6.60. The number of nitrogens with zero attached hydrogens (tertiary/aromatic N) is 3. The van der Waals surface area contributed by atoms with Crippen LogP contribution in [-0.2, 0) is 26.4 Å². The number of benzene rings is 1. The number of aromatic nitrogens is 1. The summed E-state index contributed by atoms with van der Waals surface area (Å²) in [4.78, 5) is 58.9. The number of pyridine rings is 1. The van der Waals surface area contributed by atoms with Crippen LogP contribution in [0.5, 0.6) is 5.75 Å². The van der Waals surface area contributed by atoms with E-state index >= 15 is 0 Å². The van der Waals surface area contributed by atoms with Gasteiger partial charge in [0.15, 0.2) is 11.1 Å². The van der Waals surface area contributed by atoms with Gasteiger partial charge in [-0.25, -0.2) is 9.69 Å². The molecule has 2 aromatic heterocycles. The van der Waals surface area contributed by atoms with Crippen LogP contribution >= 0.6 is 0 Å². The van der Waals surface area contributed by atoms with E-state index in [0.717, 1.165) is 0 Å². The van der Waals surface area contributed by atoms with E-state index in [9.17, 15) is 24.3 Å². The van der Waals surface area contributed by atoms with Gasteiger partial charge in [-0.3, -0.25) is 19.4 Å². The van der Waals surface area contributed by atoms with E-state index in [1.807, 2.05) is 0 Å². The smallest absolute Gasteiger partial charge is 0.329 e. The molecule has 2 atom stereocenters. The van der Waals surface area contributed by atoms with Gasteiger partial charge < -0.3 is 29.2 Å². The number of esters is 1. The molecule has 2 aliphatic rings. The Bertz CT molecular complexity index is 1490. The SMILES string of the molecule is [B]C(O)(OC(=O)C(C)(C)C)N1C(=O)N[C@@](CN2Cc3ccc(OC)cc3C2=O)(c2cc3ncccc3o2)C1=O. The monoisotopic (exact) mass is 532 g/mol. The average Bonchev–Trinajstić information content (AvgIpc) is 3.51. The standard InChI is InChI=1S/C26H25BN4O8/c1-24(2,3)22(34)39-26(27,36)31-21(33)25(29-23(31)35,19-11-17-18(38-19)6-5-9-28-17)13-30-12-14-7-8-15(37-4)10-16(14)20(30)32/h5-11,36H,12-13H2,1-4H3,(H,29,35)/t25-,26?/m0/s1. The maximum atomic E-state index is 14.0. The summed E-state index contributed by atoms with van der Waals surface area (Å²) in [7, 11) is 7.31. The summed E-state index contributed by atoms with van der Waals surface area (Å²) in [5.74, 6) is -5.19. The average molecular weight is 532 g/mol. The van der Waals surface area contributed by atoms with Crippen LogP contribution < -0.4 is 10.1 Å². The number of aliphatic hydroxyl groups is 1. The summed E-state index contributed by atoms with van der Waals surface area (Å²) >= 11 is 0. The first-order chi connectivity index (χ1) is 18.3. The van der Waals surface area contributed by atoms with E-state index in [-0.39, 0.29) is 17.2 Å². The Balaban J connectivity index is 1.56. The second-order valence-corrected chi connectivity index (χ2v) is 10.5. The molecule has 1 fully saturated rings. The van der Waals surface area contributed by atoms with Crippen LogP contribution in [0, 0.1) is 5.41 Å². The fourth-order valence-corrected chi connectivity index (χ4v) is 4.51. The van der Waals surface area contributed by atoms with Crippen molar-refractivity contribution >= 4 is 42.8 Å². The van der Waals surface area contributed by atoms with Crippen molar-refractivity contribution in [3.63, 3.8) is 0 Å². The predicted octanol–water partition coefficient (Wildman–Crippen LogP) is 1.60. The van der Waals surface area contributed by atoms with Crippen molar-refractivity contribution in [2.75, 3.05) is 13.7 Å². The van der Waals surface area contributed by atoms with Crippen LogP contribution in [0.2, 0.25) is 0 Å². The van der Waals surface area contributed by atoms with Crippen molar-refractivity contribution in [1.82, 2.24) is 20.1 Å². The molecule has 2 N–H and O–H groups in total. The minimum absolute atomic E-state index is 0.0589. The lowest BCUT2D eigenvalue weighted by molar-refractivity contribution is -0.221. The highest BCUT2D eigenvalue weighted by molar-refractivity contribution is 6.20. The zero-order valence-corrected chi connectivity index (χ0v) is 21.7. The van der Waals surface area contributed by atoms with Gasteiger partial charge in [0, 0.05) is 24.4 Å². The number of carbonyl (C=O) groups excluding carboxylic acids is 4. The van der Waals surface area contributed by atoms with Crippen LogP contribution in [-0.4, -0.2) is 71.0 Å². The van der Waals surface area contributed by atoms with Crippen molar-refractivity contribution in [2.45, 2.75) is 38.7 Å². The number of methoxy groups -OCH3 is 1. The van der Waals surface area contributed by atoms with Gasteiger partial charge in [-0.05, 0) is 50.6 Å². The van der Waals surface area contributed by atoms with Gasteiger partial charge in [-0.1, -0.05) is 6.07 Å². The molecule has 0 saturated carbocycles. The van der Waals surface area contributed by atoms with Gasteiger partial charge in [0.1, 0.15) is 17.0 Å². The first kappa shape index (κ1) is 26.2. The molecular weight excluding hydrogens is 507 g/mol. The minimum Gasteiger partial charge on any atom is -0.497 e. The van der Waals surface area contributed by atoms with E-state index in [1.54, 1.807) is 30.3 Å². The summed E-state index contributed by atoms with van der Waals surface area (Å²) in [6.45, 7) is 4.25. The largest absolute Gasteiger partial charge is 0.497 e. The number of imide groups is 1. The number of carbonyl (C=O) groups is 4. The zero-order valence-electron chi connectivity index (χ0n) is 21.7. The van der Waals surface area contributed by atoms with Crippen LogP contribution in [0.3, 0.4) is 0 Å². The van der Waals surface area contributed by atoms with Crippen molar-refractivity contribution in [3.05, 3.63) is 59.5 Å². The molecule has 0 bridgehead atoms. The van der Waals surface area contributed by atoms with Gasteiger partial charge >= 0.3 is 12.0 Å². The minimum atomic E-state index is -3.14. The van der Waals surface area contributed by atoms with E-state index in [2.05, 4.69) is 10.3 Å².